The predicted molar refractivity (Wildman–Crippen MR) is 67.5 cm³/mol. The molecule has 0 radical (unpaired) electrons. The summed E-state index contributed by atoms with van der Waals surface area (Å²) in [5.74, 6) is 0. The number of hydrogen-bond acceptors (Lipinski definition) is 1. The highest BCUT2D eigenvalue weighted by Crippen LogP contribution is 2.40. The van der Waals surface area contributed by atoms with Crippen molar-refractivity contribution < 1.29 is 4.74 Å². The van der Waals surface area contributed by atoms with Crippen LogP contribution in [-0.2, 0) is 10.3 Å². The molecule has 1 fully saturated rings. The van der Waals surface area contributed by atoms with E-state index in [-0.39, 0.29) is 5.60 Å². The molecule has 0 unspecified atom stereocenters. The fourth-order valence-corrected chi connectivity index (χ4v) is 2.57. The topological polar surface area (TPSA) is 9.23 Å². The van der Waals surface area contributed by atoms with Gasteiger partial charge in [-0.05, 0) is 38.7 Å². The monoisotopic (exact) mass is 218 g/mol. The number of rotatable bonds is 3. The third kappa shape index (κ3) is 2.30. The summed E-state index contributed by atoms with van der Waals surface area (Å²) in [7, 11) is 0. The van der Waals surface area contributed by atoms with Crippen molar-refractivity contribution in [3.63, 3.8) is 0 Å². The van der Waals surface area contributed by atoms with E-state index >= 15 is 0 Å². The molecule has 0 bridgehead atoms. The molecule has 1 saturated heterocycles. The highest BCUT2D eigenvalue weighted by Gasteiger charge is 2.36. The molecule has 0 aliphatic carbocycles. The first-order chi connectivity index (χ1) is 7.64. The Balaban J connectivity index is 2.12. The summed E-state index contributed by atoms with van der Waals surface area (Å²) < 4.78 is 6.22. The van der Waals surface area contributed by atoms with Gasteiger partial charge in [-0.25, -0.2) is 0 Å². The predicted octanol–water partition coefficient (Wildman–Crippen LogP) is 4.19. The Morgan fingerprint density at radius 2 is 2.00 bits per heavy atom. The van der Waals surface area contributed by atoms with Gasteiger partial charge in [0.25, 0.3) is 0 Å². The van der Waals surface area contributed by atoms with Crippen LogP contribution in [0.1, 0.15) is 50.7 Å². The lowest BCUT2D eigenvalue weighted by atomic mass is 9.92. The molecule has 2 atom stereocenters. The third-order valence-electron chi connectivity index (χ3n) is 3.64. The van der Waals surface area contributed by atoms with E-state index < -0.39 is 0 Å². The lowest BCUT2D eigenvalue weighted by Crippen LogP contribution is -2.22. The van der Waals surface area contributed by atoms with Crippen molar-refractivity contribution in [2.75, 3.05) is 0 Å². The molecule has 2 rings (SSSR count). The first-order valence-electron chi connectivity index (χ1n) is 6.39. The Bertz CT molecular complexity index is 341. The van der Waals surface area contributed by atoms with Crippen molar-refractivity contribution in [1.82, 2.24) is 0 Å². The second kappa shape index (κ2) is 4.58. The maximum absolute atomic E-state index is 6.22. The van der Waals surface area contributed by atoms with Crippen LogP contribution in [0.15, 0.2) is 24.3 Å². The molecular weight excluding hydrogens is 196 g/mol. The molecular formula is C15H22O. The Labute approximate surface area is 98.8 Å². The maximum atomic E-state index is 6.22. The largest absolute Gasteiger partial charge is 0.367 e. The second-order valence-corrected chi connectivity index (χ2v) is 5.16. The molecule has 0 N–H and O–H groups in total. The third-order valence-corrected chi connectivity index (χ3v) is 3.64. The molecule has 0 aromatic heterocycles. The number of aryl methyl sites for hydroxylation is 1. The zero-order chi connectivity index (χ0) is 11.6. The summed E-state index contributed by atoms with van der Waals surface area (Å²) in [4.78, 5) is 0. The molecule has 0 amide bonds. The zero-order valence-electron chi connectivity index (χ0n) is 10.6. The first-order valence-corrected chi connectivity index (χ1v) is 6.39. The van der Waals surface area contributed by atoms with E-state index in [2.05, 4.69) is 45.0 Å². The lowest BCUT2D eigenvalue weighted by Gasteiger charge is -2.25. The minimum atomic E-state index is -0.0481. The summed E-state index contributed by atoms with van der Waals surface area (Å²) in [5.41, 5.74) is 2.60. The van der Waals surface area contributed by atoms with Crippen LogP contribution in [0.4, 0.5) is 0 Å². The number of benzene rings is 1. The Hall–Kier alpha value is -0.820. The van der Waals surface area contributed by atoms with Gasteiger partial charge in [0, 0.05) is 0 Å². The van der Waals surface area contributed by atoms with Crippen molar-refractivity contribution in [3.8, 4) is 0 Å². The van der Waals surface area contributed by atoms with Gasteiger partial charge in [-0.15, -0.1) is 0 Å². The minimum Gasteiger partial charge on any atom is -0.367 e. The first kappa shape index (κ1) is 11.7. The van der Waals surface area contributed by atoms with Crippen LogP contribution in [0.3, 0.4) is 0 Å². The van der Waals surface area contributed by atoms with E-state index in [1.807, 2.05) is 0 Å². The average molecular weight is 218 g/mol. The van der Waals surface area contributed by atoms with Crippen LogP contribution in [0.2, 0.25) is 0 Å². The summed E-state index contributed by atoms with van der Waals surface area (Å²) in [6, 6.07) is 8.78. The number of hydrogen-bond donors (Lipinski definition) is 0. The molecule has 1 heteroatoms. The summed E-state index contributed by atoms with van der Waals surface area (Å²) in [6.45, 7) is 6.58. The van der Waals surface area contributed by atoms with E-state index in [1.165, 1.54) is 30.4 Å². The van der Waals surface area contributed by atoms with Crippen LogP contribution < -0.4 is 0 Å². The molecule has 0 saturated carbocycles. The maximum Gasteiger partial charge on any atom is 0.0908 e. The highest BCUT2D eigenvalue weighted by molar-refractivity contribution is 5.27. The highest BCUT2D eigenvalue weighted by atomic mass is 16.5. The minimum absolute atomic E-state index is 0.0481. The van der Waals surface area contributed by atoms with Gasteiger partial charge in [0.1, 0.15) is 0 Å². The standard InChI is InChI=1S/C15H22O/c1-4-5-14-10-11-15(3,16-14)13-8-6-12(2)7-9-13/h6-9,14H,4-5,10-11H2,1-3H3/t14-,15-/m1/s1. The molecule has 1 heterocycles. The van der Waals surface area contributed by atoms with Gasteiger partial charge >= 0.3 is 0 Å². The van der Waals surface area contributed by atoms with Crippen molar-refractivity contribution in [2.24, 2.45) is 0 Å². The van der Waals surface area contributed by atoms with Gasteiger partial charge in [0.05, 0.1) is 11.7 Å². The SMILES string of the molecule is CCC[C@@H]1CC[C@](C)(c2ccc(C)cc2)O1. The van der Waals surface area contributed by atoms with Crippen molar-refractivity contribution in [1.29, 1.82) is 0 Å². The van der Waals surface area contributed by atoms with Gasteiger partial charge < -0.3 is 4.74 Å². The van der Waals surface area contributed by atoms with Crippen LogP contribution in [0.5, 0.6) is 0 Å². The summed E-state index contributed by atoms with van der Waals surface area (Å²) in [6.07, 6.45) is 5.24. The van der Waals surface area contributed by atoms with E-state index in [0.29, 0.717) is 6.10 Å². The van der Waals surface area contributed by atoms with Crippen LogP contribution in [0.25, 0.3) is 0 Å². The fourth-order valence-electron chi connectivity index (χ4n) is 2.57. The average Bonchev–Trinajstić information content (AvgIpc) is 2.63. The quantitative estimate of drug-likeness (QED) is 0.739. The smallest absolute Gasteiger partial charge is 0.0908 e. The van der Waals surface area contributed by atoms with Gasteiger partial charge in [-0.3, -0.25) is 0 Å². The van der Waals surface area contributed by atoms with Crippen molar-refractivity contribution in [2.45, 2.75) is 58.2 Å². The summed E-state index contributed by atoms with van der Waals surface area (Å²) >= 11 is 0. The van der Waals surface area contributed by atoms with Crippen molar-refractivity contribution >= 4 is 0 Å². The Morgan fingerprint density at radius 3 is 2.62 bits per heavy atom. The molecule has 1 nitrogen and oxygen atoms in total. The molecule has 1 aromatic rings. The van der Waals surface area contributed by atoms with Crippen LogP contribution in [0, 0.1) is 6.92 Å². The van der Waals surface area contributed by atoms with E-state index in [4.69, 9.17) is 4.74 Å². The fraction of sp³-hybridized carbons (Fsp3) is 0.600. The van der Waals surface area contributed by atoms with Crippen LogP contribution in [-0.4, -0.2) is 6.10 Å². The normalized spacial score (nSPS) is 29.6. The van der Waals surface area contributed by atoms with Gasteiger partial charge in [-0.1, -0.05) is 43.2 Å². The second-order valence-electron chi connectivity index (χ2n) is 5.16. The Morgan fingerprint density at radius 1 is 1.31 bits per heavy atom. The Kier molecular flexibility index (Phi) is 3.34. The van der Waals surface area contributed by atoms with Crippen molar-refractivity contribution in [3.05, 3.63) is 35.4 Å². The summed E-state index contributed by atoms with van der Waals surface area (Å²) in [5, 5.41) is 0. The van der Waals surface area contributed by atoms with Gasteiger partial charge in [0.2, 0.25) is 0 Å². The molecule has 1 aliphatic heterocycles. The van der Waals surface area contributed by atoms with Crippen LogP contribution >= 0.6 is 0 Å². The van der Waals surface area contributed by atoms with E-state index in [9.17, 15) is 0 Å². The molecule has 16 heavy (non-hydrogen) atoms. The molecule has 88 valence electrons. The van der Waals surface area contributed by atoms with E-state index in [1.54, 1.807) is 0 Å². The molecule has 1 aliphatic rings. The van der Waals surface area contributed by atoms with Gasteiger partial charge in [0.15, 0.2) is 0 Å². The molecule has 0 spiro atoms. The van der Waals surface area contributed by atoms with Gasteiger partial charge in [-0.2, -0.15) is 0 Å². The zero-order valence-corrected chi connectivity index (χ0v) is 10.6. The number of ether oxygens (including phenoxy) is 1. The lowest BCUT2D eigenvalue weighted by molar-refractivity contribution is -0.0353. The van der Waals surface area contributed by atoms with E-state index in [0.717, 1.165) is 6.42 Å². The molecule has 1 aromatic carbocycles.